The minimum absolute atomic E-state index is 0.0128. The van der Waals surface area contributed by atoms with Gasteiger partial charge >= 0.3 is 0 Å². The van der Waals surface area contributed by atoms with Crippen LogP contribution in [-0.2, 0) is 9.59 Å². The molecule has 1 heterocycles. The van der Waals surface area contributed by atoms with E-state index < -0.39 is 23.5 Å². The van der Waals surface area contributed by atoms with Crippen LogP contribution in [0.25, 0.3) is 0 Å². The number of anilines is 2. The molecule has 0 aliphatic carbocycles. The zero-order valence-corrected chi connectivity index (χ0v) is 13.2. The van der Waals surface area contributed by atoms with Gasteiger partial charge < -0.3 is 10.2 Å². The van der Waals surface area contributed by atoms with E-state index in [4.69, 9.17) is 11.6 Å². The maximum Gasteiger partial charge on any atom is 0.229 e. The molecule has 0 radical (unpaired) electrons. The number of carbonyl (C=O) groups excluding carboxylic acids is 2. The average Bonchev–Trinajstić information content (AvgIpc) is 2.92. The minimum Gasteiger partial charge on any atom is -0.323 e. The Bertz CT molecular complexity index is 813. The van der Waals surface area contributed by atoms with E-state index in [1.54, 1.807) is 6.07 Å². The fraction of sp³-hybridized carbons (Fsp3) is 0.176. The van der Waals surface area contributed by atoms with Gasteiger partial charge in [0.15, 0.2) is 0 Å². The summed E-state index contributed by atoms with van der Waals surface area (Å²) in [5, 5.41) is 2.66. The van der Waals surface area contributed by atoms with E-state index in [0.29, 0.717) is 0 Å². The van der Waals surface area contributed by atoms with Gasteiger partial charge in [0.25, 0.3) is 0 Å². The van der Waals surface area contributed by atoms with Gasteiger partial charge in [0.2, 0.25) is 11.8 Å². The highest BCUT2D eigenvalue weighted by Crippen LogP contribution is 2.28. The van der Waals surface area contributed by atoms with Crippen LogP contribution in [0.5, 0.6) is 0 Å². The van der Waals surface area contributed by atoms with Crippen LogP contribution in [0.4, 0.5) is 20.2 Å². The Morgan fingerprint density at radius 3 is 2.62 bits per heavy atom. The molecule has 1 N–H and O–H groups in total. The third-order valence-corrected chi connectivity index (χ3v) is 4.06. The third-order valence-electron chi connectivity index (χ3n) is 3.83. The molecule has 124 valence electrons. The molecule has 1 aliphatic rings. The molecule has 0 spiro atoms. The van der Waals surface area contributed by atoms with Crippen molar-refractivity contribution in [1.29, 1.82) is 0 Å². The SMILES string of the molecule is O=C(Nc1ccc(Cl)cc1F)[C@H]1CC(=O)N(c2ccccc2F)C1. The number of nitrogens with one attached hydrogen (secondary N) is 1. The molecule has 1 aliphatic heterocycles. The largest absolute Gasteiger partial charge is 0.323 e. The second-order valence-corrected chi connectivity index (χ2v) is 5.91. The topological polar surface area (TPSA) is 49.4 Å². The highest BCUT2D eigenvalue weighted by molar-refractivity contribution is 6.30. The van der Waals surface area contributed by atoms with Crippen molar-refractivity contribution in [1.82, 2.24) is 0 Å². The Hall–Kier alpha value is -2.47. The van der Waals surface area contributed by atoms with E-state index in [0.717, 1.165) is 6.07 Å². The first-order chi connectivity index (χ1) is 11.5. The molecule has 0 saturated carbocycles. The van der Waals surface area contributed by atoms with Crippen molar-refractivity contribution in [2.75, 3.05) is 16.8 Å². The first-order valence-electron chi connectivity index (χ1n) is 7.26. The summed E-state index contributed by atoms with van der Waals surface area (Å²) in [7, 11) is 0. The Morgan fingerprint density at radius 2 is 1.92 bits per heavy atom. The molecule has 0 aromatic heterocycles. The van der Waals surface area contributed by atoms with Crippen molar-refractivity contribution in [3.8, 4) is 0 Å². The predicted octanol–water partition coefficient (Wildman–Crippen LogP) is 3.61. The first kappa shape index (κ1) is 16.4. The van der Waals surface area contributed by atoms with Gasteiger partial charge in [-0.15, -0.1) is 0 Å². The minimum atomic E-state index is -0.688. The van der Waals surface area contributed by atoms with Gasteiger partial charge in [0.1, 0.15) is 11.6 Å². The first-order valence-corrected chi connectivity index (χ1v) is 7.64. The van der Waals surface area contributed by atoms with Crippen LogP contribution in [0.2, 0.25) is 5.02 Å². The van der Waals surface area contributed by atoms with Crippen molar-refractivity contribution in [2.45, 2.75) is 6.42 Å². The molecule has 7 heteroatoms. The third kappa shape index (κ3) is 3.23. The molecule has 4 nitrogen and oxygen atoms in total. The van der Waals surface area contributed by atoms with Crippen LogP contribution in [-0.4, -0.2) is 18.4 Å². The standard InChI is InChI=1S/C17H13ClF2N2O2/c18-11-5-6-14(13(20)8-11)21-17(24)10-7-16(23)22(9-10)15-4-2-1-3-12(15)19/h1-6,8,10H,7,9H2,(H,21,24)/t10-/m0/s1. The van der Waals surface area contributed by atoms with E-state index in [1.807, 2.05) is 0 Å². The van der Waals surface area contributed by atoms with Crippen LogP contribution in [0.3, 0.4) is 0 Å². The molecule has 24 heavy (non-hydrogen) atoms. The van der Waals surface area contributed by atoms with Crippen molar-refractivity contribution in [3.63, 3.8) is 0 Å². The predicted molar refractivity (Wildman–Crippen MR) is 86.9 cm³/mol. The molecule has 3 rings (SSSR count). The molecule has 2 amide bonds. The molecule has 1 fully saturated rings. The summed E-state index contributed by atoms with van der Waals surface area (Å²) in [5.41, 5.74) is 0.122. The summed E-state index contributed by atoms with van der Waals surface area (Å²) in [5.74, 6) is -2.73. The number of carbonyl (C=O) groups is 2. The lowest BCUT2D eigenvalue weighted by molar-refractivity contribution is -0.122. The number of hydrogen-bond acceptors (Lipinski definition) is 2. The van der Waals surface area contributed by atoms with Gasteiger partial charge in [-0.2, -0.15) is 0 Å². The summed E-state index contributed by atoms with van der Waals surface area (Å²) < 4.78 is 27.6. The zero-order valence-electron chi connectivity index (χ0n) is 12.4. The van der Waals surface area contributed by atoms with Crippen LogP contribution in [0.1, 0.15) is 6.42 Å². The van der Waals surface area contributed by atoms with Crippen LogP contribution < -0.4 is 10.2 Å². The normalized spacial score (nSPS) is 17.2. The van der Waals surface area contributed by atoms with Crippen molar-refractivity contribution in [3.05, 3.63) is 59.1 Å². The Balaban J connectivity index is 1.73. The van der Waals surface area contributed by atoms with Gasteiger partial charge in [-0.1, -0.05) is 23.7 Å². The van der Waals surface area contributed by atoms with Crippen LogP contribution >= 0.6 is 11.6 Å². The van der Waals surface area contributed by atoms with E-state index in [2.05, 4.69) is 5.32 Å². The Morgan fingerprint density at radius 1 is 1.17 bits per heavy atom. The molecular formula is C17H13ClF2N2O2. The lowest BCUT2D eigenvalue weighted by atomic mass is 10.1. The monoisotopic (exact) mass is 350 g/mol. The smallest absolute Gasteiger partial charge is 0.229 e. The van der Waals surface area contributed by atoms with E-state index in [9.17, 15) is 18.4 Å². The van der Waals surface area contributed by atoms with Gasteiger partial charge in [-0.25, -0.2) is 8.78 Å². The maximum atomic E-state index is 13.8. The van der Waals surface area contributed by atoms with E-state index >= 15 is 0 Å². The molecule has 0 unspecified atom stereocenters. The molecular weight excluding hydrogens is 338 g/mol. The number of hydrogen-bond donors (Lipinski definition) is 1. The molecule has 0 bridgehead atoms. The van der Waals surface area contributed by atoms with Crippen molar-refractivity contribution >= 4 is 34.8 Å². The lowest BCUT2D eigenvalue weighted by Crippen LogP contribution is -2.28. The van der Waals surface area contributed by atoms with Gasteiger partial charge in [-0.05, 0) is 30.3 Å². The quantitative estimate of drug-likeness (QED) is 0.919. The fourth-order valence-corrected chi connectivity index (χ4v) is 2.77. The summed E-state index contributed by atoms with van der Waals surface area (Å²) in [6.45, 7) is 0.0425. The summed E-state index contributed by atoms with van der Waals surface area (Å²) >= 11 is 5.66. The van der Waals surface area contributed by atoms with Crippen LogP contribution in [0, 0.1) is 17.6 Å². The molecule has 2 aromatic rings. The van der Waals surface area contributed by atoms with Crippen molar-refractivity contribution in [2.24, 2.45) is 5.92 Å². The lowest BCUT2D eigenvalue weighted by Gasteiger charge is -2.17. The number of benzene rings is 2. The van der Waals surface area contributed by atoms with Gasteiger partial charge in [-0.3, -0.25) is 9.59 Å². The highest BCUT2D eigenvalue weighted by Gasteiger charge is 2.36. The summed E-state index contributed by atoms with van der Waals surface area (Å²) in [6, 6.07) is 9.75. The van der Waals surface area contributed by atoms with Gasteiger partial charge in [0.05, 0.1) is 17.3 Å². The number of para-hydroxylation sites is 1. The van der Waals surface area contributed by atoms with E-state index in [-0.39, 0.29) is 35.3 Å². The van der Waals surface area contributed by atoms with E-state index in [1.165, 1.54) is 35.2 Å². The van der Waals surface area contributed by atoms with Gasteiger partial charge in [0, 0.05) is 18.0 Å². The second-order valence-electron chi connectivity index (χ2n) is 5.47. The van der Waals surface area contributed by atoms with Crippen molar-refractivity contribution < 1.29 is 18.4 Å². The maximum absolute atomic E-state index is 13.8. The number of halogens is 3. The number of rotatable bonds is 3. The average molecular weight is 351 g/mol. The molecule has 1 atom stereocenters. The zero-order chi connectivity index (χ0) is 17.3. The number of amides is 2. The fourth-order valence-electron chi connectivity index (χ4n) is 2.61. The summed E-state index contributed by atoms with van der Waals surface area (Å²) in [4.78, 5) is 25.6. The Labute approximate surface area is 142 Å². The molecule has 2 aromatic carbocycles. The highest BCUT2D eigenvalue weighted by atomic mass is 35.5. The van der Waals surface area contributed by atoms with Crippen LogP contribution in [0.15, 0.2) is 42.5 Å². The summed E-state index contributed by atoms with van der Waals surface area (Å²) in [6.07, 6.45) is -0.0601. The Kier molecular flexibility index (Phi) is 4.49. The molecule has 1 saturated heterocycles. The number of nitrogens with zero attached hydrogens (tertiary/aromatic N) is 1. The second kappa shape index (κ2) is 6.57.